The molecule has 1 heterocycles. The van der Waals surface area contributed by atoms with Crippen LogP contribution in [0.2, 0.25) is 0 Å². The van der Waals surface area contributed by atoms with Gasteiger partial charge in [-0.1, -0.05) is 19.1 Å². The van der Waals surface area contributed by atoms with Crippen LogP contribution in [0.25, 0.3) is 0 Å². The summed E-state index contributed by atoms with van der Waals surface area (Å²) in [5.74, 6) is 0.103. The molecular weight excluding hydrogens is 252 g/mol. The lowest BCUT2D eigenvalue weighted by Crippen LogP contribution is -2.51. The molecule has 1 aliphatic heterocycles. The van der Waals surface area contributed by atoms with Crippen LogP contribution in [0.15, 0.2) is 24.3 Å². The Bertz CT molecular complexity index is 444. The van der Waals surface area contributed by atoms with Gasteiger partial charge in [0, 0.05) is 12.1 Å². The summed E-state index contributed by atoms with van der Waals surface area (Å²) in [4.78, 5) is 14.6. The molecule has 1 aromatic rings. The first-order chi connectivity index (χ1) is 9.65. The van der Waals surface area contributed by atoms with Gasteiger partial charge in [-0.05, 0) is 44.0 Å². The smallest absolute Gasteiger partial charge is 0.254 e. The molecule has 4 nitrogen and oxygen atoms in total. The van der Waals surface area contributed by atoms with E-state index in [4.69, 9.17) is 10.5 Å². The Morgan fingerprint density at radius 3 is 2.70 bits per heavy atom. The van der Waals surface area contributed by atoms with Crippen LogP contribution in [0.5, 0.6) is 0 Å². The van der Waals surface area contributed by atoms with Crippen molar-refractivity contribution in [3.05, 3.63) is 35.4 Å². The third-order valence-electron chi connectivity index (χ3n) is 3.83. The van der Waals surface area contributed by atoms with E-state index in [1.807, 2.05) is 36.1 Å². The van der Waals surface area contributed by atoms with E-state index in [-0.39, 0.29) is 18.1 Å². The Morgan fingerprint density at radius 2 is 2.10 bits per heavy atom. The highest BCUT2D eigenvalue weighted by atomic mass is 16.5. The molecule has 20 heavy (non-hydrogen) atoms. The minimum absolute atomic E-state index is 0.103. The maximum absolute atomic E-state index is 12.6. The topological polar surface area (TPSA) is 55.6 Å². The second-order valence-corrected chi connectivity index (χ2v) is 5.40. The van der Waals surface area contributed by atoms with Gasteiger partial charge in [0.05, 0.1) is 18.8 Å². The molecule has 1 aromatic carbocycles. The molecule has 2 rings (SSSR count). The van der Waals surface area contributed by atoms with Crippen LogP contribution < -0.4 is 5.73 Å². The maximum atomic E-state index is 12.6. The van der Waals surface area contributed by atoms with Crippen LogP contribution in [0.3, 0.4) is 0 Å². The van der Waals surface area contributed by atoms with Crippen molar-refractivity contribution in [2.75, 3.05) is 19.7 Å². The molecule has 0 aliphatic carbocycles. The number of benzene rings is 1. The number of amides is 1. The zero-order valence-corrected chi connectivity index (χ0v) is 12.3. The average Bonchev–Trinajstić information content (AvgIpc) is 2.47. The number of hydrogen-bond donors (Lipinski definition) is 1. The Kier molecular flexibility index (Phi) is 5.15. The van der Waals surface area contributed by atoms with Gasteiger partial charge in [0.1, 0.15) is 0 Å². The van der Waals surface area contributed by atoms with Gasteiger partial charge in [0.25, 0.3) is 5.91 Å². The quantitative estimate of drug-likeness (QED) is 0.912. The van der Waals surface area contributed by atoms with Gasteiger partial charge in [-0.25, -0.2) is 0 Å². The second-order valence-electron chi connectivity index (χ2n) is 5.40. The molecule has 0 aromatic heterocycles. The highest BCUT2D eigenvalue weighted by Crippen LogP contribution is 2.18. The standard InChI is InChI=1S/C16H24N2O2/c1-3-15-11-20-12(2)10-18(15)16(19)14-6-4-13(5-7-14)8-9-17/h4-7,12,15H,3,8-11,17H2,1-2H3. The molecule has 2 atom stereocenters. The van der Waals surface area contributed by atoms with Crippen molar-refractivity contribution in [1.82, 2.24) is 4.90 Å². The summed E-state index contributed by atoms with van der Waals surface area (Å²) in [7, 11) is 0. The van der Waals surface area contributed by atoms with Gasteiger partial charge in [-0.15, -0.1) is 0 Å². The lowest BCUT2D eigenvalue weighted by Gasteiger charge is -2.38. The third-order valence-corrected chi connectivity index (χ3v) is 3.83. The Hall–Kier alpha value is -1.39. The Labute approximate surface area is 120 Å². The van der Waals surface area contributed by atoms with Gasteiger partial charge in [-0.2, -0.15) is 0 Å². The summed E-state index contributed by atoms with van der Waals surface area (Å²) in [6.07, 6.45) is 1.88. The van der Waals surface area contributed by atoms with Gasteiger partial charge in [0.15, 0.2) is 0 Å². The monoisotopic (exact) mass is 276 g/mol. The van der Waals surface area contributed by atoms with Gasteiger partial charge >= 0.3 is 0 Å². The van der Waals surface area contributed by atoms with Crippen molar-refractivity contribution in [1.29, 1.82) is 0 Å². The molecule has 1 aliphatic rings. The summed E-state index contributed by atoms with van der Waals surface area (Å²) >= 11 is 0. The van der Waals surface area contributed by atoms with Crippen molar-refractivity contribution in [3.63, 3.8) is 0 Å². The molecule has 110 valence electrons. The lowest BCUT2D eigenvalue weighted by molar-refractivity contribution is -0.0444. The van der Waals surface area contributed by atoms with Crippen LogP contribution in [-0.4, -0.2) is 42.6 Å². The van der Waals surface area contributed by atoms with Gasteiger partial charge in [0.2, 0.25) is 0 Å². The van der Waals surface area contributed by atoms with Crippen LogP contribution >= 0.6 is 0 Å². The van der Waals surface area contributed by atoms with E-state index >= 15 is 0 Å². The first-order valence-corrected chi connectivity index (χ1v) is 7.37. The third kappa shape index (κ3) is 3.38. The first-order valence-electron chi connectivity index (χ1n) is 7.37. The van der Waals surface area contributed by atoms with E-state index < -0.39 is 0 Å². The van der Waals surface area contributed by atoms with Crippen LogP contribution in [0.1, 0.15) is 36.2 Å². The molecule has 4 heteroatoms. The highest BCUT2D eigenvalue weighted by Gasteiger charge is 2.29. The minimum Gasteiger partial charge on any atom is -0.375 e. The summed E-state index contributed by atoms with van der Waals surface area (Å²) in [6.45, 7) is 6.04. The number of nitrogens with two attached hydrogens (primary N) is 1. The normalized spacial score (nSPS) is 22.9. The van der Waals surface area contributed by atoms with Gasteiger partial charge < -0.3 is 15.4 Å². The number of carbonyl (C=O) groups is 1. The molecule has 1 amide bonds. The number of hydrogen-bond acceptors (Lipinski definition) is 3. The molecule has 0 saturated carbocycles. The summed E-state index contributed by atoms with van der Waals surface area (Å²) in [6, 6.07) is 7.97. The minimum atomic E-state index is 0.103. The largest absolute Gasteiger partial charge is 0.375 e. The number of ether oxygens (including phenoxy) is 1. The van der Waals surface area contributed by atoms with E-state index in [1.54, 1.807) is 0 Å². The van der Waals surface area contributed by atoms with Crippen LogP contribution in [0, 0.1) is 0 Å². The van der Waals surface area contributed by atoms with Gasteiger partial charge in [-0.3, -0.25) is 4.79 Å². The zero-order valence-electron chi connectivity index (χ0n) is 12.3. The maximum Gasteiger partial charge on any atom is 0.254 e. The van der Waals surface area contributed by atoms with Crippen molar-refractivity contribution in [2.45, 2.75) is 38.8 Å². The molecule has 0 spiro atoms. The number of rotatable bonds is 4. The zero-order chi connectivity index (χ0) is 14.5. The number of carbonyl (C=O) groups excluding carboxylic acids is 1. The number of nitrogens with zero attached hydrogens (tertiary/aromatic N) is 1. The van der Waals surface area contributed by atoms with E-state index in [0.29, 0.717) is 19.7 Å². The fraction of sp³-hybridized carbons (Fsp3) is 0.562. The van der Waals surface area contributed by atoms with Crippen molar-refractivity contribution in [2.24, 2.45) is 5.73 Å². The lowest BCUT2D eigenvalue weighted by atomic mass is 10.1. The fourth-order valence-corrected chi connectivity index (χ4v) is 2.58. The van der Waals surface area contributed by atoms with Crippen molar-refractivity contribution < 1.29 is 9.53 Å². The van der Waals surface area contributed by atoms with Crippen molar-refractivity contribution >= 4 is 5.91 Å². The predicted octanol–water partition coefficient (Wildman–Crippen LogP) is 1.83. The second kappa shape index (κ2) is 6.86. The van der Waals surface area contributed by atoms with E-state index in [2.05, 4.69) is 6.92 Å². The van der Waals surface area contributed by atoms with E-state index in [9.17, 15) is 4.79 Å². The summed E-state index contributed by atoms with van der Waals surface area (Å²) < 4.78 is 5.64. The Morgan fingerprint density at radius 1 is 1.40 bits per heavy atom. The molecule has 1 saturated heterocycles. The van der Waals surface area contributed by atoms with Crippen molar-refractivity contribution in [3.8, 4) is 0 Å². The fourth-order valence-electron chi connectivity index (χ4n) is 2.58. The molecule has 2 unspecified atom stereocenters. The highest BCUT2D eigenvalue weighted by molar-refractivity contribution is 5.94. The molecule has 0 bridgehead atoms. The predicted molar refractivity (Wildman–Crippen MR) is 79.7 cm³/mol. The van der Waals surface area contributed by atoms with E-state index in [0.717, 1.165) is 18.4 Å². The SMILES string of the molecule is CCC1COC(C)CN1C(=O)c1ccc(CCN)cc1. The van der Waals surface area contributed by atoms with E-state index in [1.165, 1.54) is 5.56 Å². The van der Waals surface area contributed by atoms with Crippen LogP contribution in [-0.2, 0) is 11.2 Å². The first kappa shape index (κ1) is 15.0. The van der Waals surface area contributed by atoms with Crippen LogP contribution in [0.4, 0.5) is 0 Å². The molecular formula is C16H24N2O2. The Balaban J connectivity index is 2.12. The summed E-state index contributed by atoms with van der Waals surface area (Å²) in [5.41, 5.74) is 7.46. The number of morpholine rings is 1. The molecule has 1 fully saturated rings. The molecule has 2 N–H and O–H groups in total. The molecule has 0 radical (unpaired) electrons. The summed E-state index contributed by atoms with van der Waals surface area (Å²) in [5, 5.41) is 0. The average molecular weight is 276 g/mol.